The van der Waals surface area contributed by atoms with Gasteiger partial charge in [0.05, 0.1) is 10.6 Å². The molecule has 0 spiro atoms. The van der Waals surface area contributed by atoms with Crippen molar-refractivity contribution < 1.29 is 23.7 Å². The summed E-state index contributed by atoms with van der Waals surface area (Å²) >= 11 is 0. The van der Waals surface area contributed by atoms with Gasteiger partial charge in [0.2, 0.25) is 0 Å². The van der Waals surface area contributed by atoms with Crippen LogP contribution >= 0.6 is 0 Å². The molecule has 0 aliphatic carbocycles. The average Bonchev–Trinajstić information content (AvgIpc) is 2.26. The molecule has 0 amide bonds. The minimum absolute atomic E-state index is 0.543. The minimum Gasteiger partial charge on any atom is -0.392 e. The van der Waals surface area contributed by atoms with E-state index in [-0.39, 0.29) is 0 Å². The zero-order valence-corrected chi connectivity index (χ0v) is 10.8. The third-order valence-corrected chi connectivity index (χ3v) is 4.81. The van der Waals surface area contributed by atoms with Crippen molar-refractivity contribution in [1.29, 1.82) is 0 Å². The van der Waals surface area contributed by atoms with Crippen molar-refractivity contribution in [3.8, 4) is 0 Å². The van der Waals surface area contributed by atoms with Crippen molar-refractivity contribution in [3.05, 3.63) is 0 Å². The SMILES string of the molecule is CO[Si](CC(C)C)(OC)OC.ON=NO. The molecule has 92 valence electrons. The highest BCUT2D eigenvalue weighted by Crippen LogP contribution is 2.18. The van der Waals surface area contributed by atoms with E-state index in [1.54, 1.807) is 21.3 Å². The Balaban J connectivity index is 0. The summed E-state index contributed by atoms with van der Waals surface area (Å²) in [5.74, 6) is 0.543. The van der Waals surface area contributed by atoms with Gasteiger partial charge in [0.15, 0.2) is 0 Å². The van der Waals surface area contributed by atoms with Crippen LogP contribution in [0.4, 0.5) is 0 Å². The molecule has 0 aromatic heterocycles. The van der Waals surface area contributed by atoms with Crippen molar-refractivity contribution in [1.82, 2.24) is 0 Å². The fourth-order valence-electron chi connectivity index (χ4n) is 1.00. The predicted molar refractivity (Wildman–Crippen MR) is 54.9 cm³/mol. The Hall–Kier alpha value is -0.703. The number of rotatable bonds is 5. The van der Waals surface area contributed by atoms with E-state index < -0.39 is 8.80 Å². The van der Waals surface area contributed by atoms with Gasteiger partial charge in [-0.2, -0.15) is 0 Å². The van der Waals surface area contributed by atoms with E-state index in [0.29, 0.717) is 5.92 Å². The fraction of sp³-hybridized carbons (Fsp3) is 1.00. The first-order chi connectivity index (χ1) is 7.01. The zero-order valence-electron chi connectivity index (χ0n) is 9.80. The monoisotopic (exact) mass is 240 g/mol. The van der Waals surface area contributed by atoms with Gasteiger partial charge in [-0.1, -0.05) is 13.8 Å². The molecular weight excluding hydrogens is 220 g/mol. The molecular formula is C7H20N2O5Si. The Morgan fingerprint density at radius 3 is 1.40 bits per heavy atom. The average molecular weight is 240 g/mol. The van der Waals surface area contributed by atoms with Gasteiger partial charge in [0, 0.05) is 27.4 Å². The normalized spacial score (nSPS) is 11.6. The second-order valence-electron chi connectivity index (χ2n) is 3.07. The van der Waals surface area contributed by atoms with Crippen LogP contribution in [0.1, 0.15) is 13.8 Å². The summed E-state index contributed by atoms with van der Waals surface area (Å²) in [6.45, 7) is 4.25. The highest BCUT2D eigenvalue weighted by Gasteiger charge is 2.38. The molecule has 0 bridgehead atoms. The largest absolute Gasteiger partial charge is 0.500 e. The maximum absolute atomic E-state index is 7.08. The molecule has 0 aromatic rings. The Labute approximate surface area is 91.0 Å². The molecule has 0 fully saturated rings. The summed E-state index contributed by atoms with van der Waals surface area (Å²) in [6, 6.07) is 0.872. The molecule has 0 unspecified atom stereocenters. The quantitative estimate of drug-likeness (QED) is 0.434. The highest BCUT2D eigenvalue weighted by molar-refractivity contribution is 6.60. The summed E-state index contributed by atoms with van der Waals surface area (Å²) in [7, 11) is 2.64. The zero-order chi connectivity index (χ0) is 12.3. The molecule has 0 aliphatic heterocycles. The first-order valence-corrected chi connectivity index (χ1v) is 6.29. The molecule has 0 atom stereocenters. The summed E-state index contributed by atoms with van der Waals surface area (Å²) in [5, 5.41) is 18.0. The van der Waals surface area contributed by atoms with Crippen molar-refractivity contribution in [2.45, 2.75) is 19.9 Å². The fourth-order valence-corrected chi connectivity index (χ4v) is 3.00. The van der Waals surface area contributed by atoms with E-state index in [9.17, 15) is 0 Å². The van der Waals surface area contributed by atoms with Crippen LogP contribution in [-0.4, -0.2) is 40.5 Å². The van der Waals surface area contributed by atoms with Gasteiger partial charge in [-0.15, -0.1) is 0 Å². The van der Waals surface area contributed by atoms with Crippen LogP contribution in [0.5, 0.6) is 0 Å². The van der Waals surface area contributed by atoms with Crippen molar-refractivity contribution in [3.63, 3.8) is 0 Å². The summed E-state index contributed by atoms with van der Waals surface area (Å²) < 4.78 is 15.7. The lowest BCUT2D eigenvalue weighted by atomic mass is 10.3. The van der Waals surface area contributed by atoms with Gasteiger partial charge in [0.25, 0.3) is 0 Å². The first kappa shape index (κ1) is 16.7. The second-order valence-corrected chi connectivity index (χ2v) is 6.07. The van der Waals surface area contributed by atoms with Gasteiger partial charge in [-0.3, -0.25) is 0 Å². The molecule has 0 aromatic carbocycles. The lowest BCUT2D eigenvalue weighted by molar-refractivity contribution is 0.119. The molecule has 0 saturated carbocycles. The Morgan fingerprint density at radius 2 is 1.33 bits per heavy atom. The number of hydrogen-bond donors (Lipinski definition) is 2. The first-order valence-electron chi connectivity index (χ1n) is 4.35. The van der Waals surface area contributed by atoms with Gasteiger partial charge < -0.3 is 23.7 Å². The molecule has 2 N–H and O–H groups in total. The third-order valence-electron chi connectivity index (χ3n) is 1.63. The summed E-state index contributed by atoms with van der Waals surface area (Å²) in [6.07, 6.45) is 0. The molecule has 0 heterocycles. The minimum atomic E-state index is -2.28. The van der Waals surface area contributed by atoms with Crippen LogP contribution in [0.3, 0.4) is 0 Å². The van der Waals surface area contributed by atoms with Crippen LogP contribution in [-0.2, 0) is 13.3 Å². The molecule has 8 heteroatoms. The molecule has 15 heavy (non-hydrogen) atoms. The maximum atomic E-state index is 7.08. The number of nitrogens with zero attached hydrogens (tertiary/aromatic N) is 2. The summed E-state index contributed by atoms with van der Waals surface area (Å²) in [4.78, 5) is 0. The van der Waals surface area contributed by atoms with E-state index in [1.165, 1.54) is 0 Å². The Morgan fingerprint density at radius 1 is 1.00 bits per heavy atom. The van der Waals surface area contributed by atoms with Crippen molar-refractivity contribution >= 4 is 8.80 Å². The summed E-state index contributed by atoms with van der Waals surface area (Å²) in [5.41, 5.74) is 0. The van der Waals surface area contributed by atoms with Crippen molar-refractivity contribution in [2.75, 3.05) is 21.3 Å². The lowest BCUT2D eigenvalue weighted by Gasteiger charge is -2.25. The second kappa shape index (κ2) is 9.84. The van der Waals surface area contributed by atoms with E-state index in [1.807, 2.05) is 10.6 Å². The van der Waals surface area contributed by atoms with Gasteiger partial charge in [-0.25, -0.2) is 0 Å². The topological polar surface area (TPSA) is 92.9 Å². The van der Waals surface area contributed by atoms with Crippen LogP contribution < -0.4 is 0 Å². The molecule has 7 nitrogen and oxygen atoms in total. The van der Waals surface area contributed by atoms with Crippen LogP contribution in [0.2, 0.25) is 6.04 Å². The number of hydrogen-bond acceptors (Lipinski definition) is 5. The smallest absolute Gasteiger partial charge is 0.392 e. The third kappa shape index (κ3) is 8.30. The van der Waals surface area contributed by atoms with E-state index in [4.69, 9.17) is 23.7 Å². The van der Waals surface area contributed by atoms with E-state index >= 15 is 0 Å². The molecule has 0 radical (unpaired) electrons. The predicted octanol–water partition coefficient (Wildman–Crippen LogP) is 1.74. The Kier molecular flexibility index (Phi) is 11.0. The lowest BCUT2D eigenvalue weighted by Crippen LogP contribution is -2.43. The van der Waals surface area contributed by atoms with Crippen LogP contribution in [0.15, 0.2) is 10.6 Å². The highest BCUT2D eigenvalue weighted by atomic mass is 28.4. The van der Waals surface area contributed by atoms with Crippen LogP contribution in [0, 0.1) is 5.92 Å². The molecule has 0 rings (SSSR count). The van der Waals surface area contributed by atoms with Crippen molar-refractivity contribution in [2.24, 2.45) is 16.5 Å². The van der Waals surface area contributed by atoms with Gasteiger partial charge >= 0.3 is 8.80 Å². The molecule has 0 saturated heterocycles. The standard InChI is InChI=1S/C7H18O3Si.H2N2O2/c1-7(2)6-11(8-3,9-4)10-5;3-1-2-4/h7H,6H2,1-5H3;(H,1,4)(H,2,3). The van der Waals surface area contributed by atoms with E-state index in [2.05, 4.69) is 13.8 Å². The molecule has 0 aliphatic rings. The van der Waals surface area contributed by atoms with Gasteiger partial charge in [-0.05, 0) is 5.92 Å². The Bertz CT molecular complexity index is 151. The maximum Gasteiger partial charge on any atom is 0.500 e. The van der Waals surface area contributed by atoms with Gasteiger partial charge in [0.1, 0.15) is 0 Å². The van der Waals surface area contributed by atoms with Crippen LogP contribution in [0.25, 0.3) is 0 Å². The van der Waals surface area contributed by atoms with E-state index in [0.717, 1.165) is 6.04 Å².